The van der Waals surface area contributed by atoms with Gasteiger partial charge in [-0.1, -0.05) is 0 Å². The number of furan rings is 1. The molecule has 0 radical (unpaired) electrons. The Morgan fingerprint density at radius 3 is 3.00 bits per heavy atom. The molecule has 0 spiro atoms. The summed E-state index contributed by atoms with van der Waals surface area (Å²) in [6.45, 7) is 1.68. The minimum Gasteiger partial charge on any atom is -0.466 e. The number of nitrogens with one attached hydrogen (secondary N) is 2. The molecule has 8 heteroatoms. The maximum absolute atomic E-state index is 13.2. The van der Waals surface area contributed by atoms with Crippen LogP contribution in [0.2, 0.25) is 0 Å². The van der Waals surface area contributed by atoms with Gasteiger partial charge in [-0.15, -0.1) is 5.10 Å². The first-order valence-corrected chi connectivity index (χ1v) is 6.05. The Hall–Kier alpha value is -2.90. The number of fused-ring (bicyclic) bond motifs is 1. The van der Waals surface area contributed by atoms with E-state index in [0.717, 1.165) is 0 Å². The van der Waals surface area contributed by atoms with Crippen LogP contribution in [0.3, 0.4) is 0 Å². The largest absolute Gasteiger partial charge is 0.466 e. The van der Waals surface area contributed by atoms with E-state index in [9.17, 15) is 9.18 Å². The van der Waals surface area contributed by atoms with Crippen LogP contribution < -0.4 is 10.1 Å². The molecule has 2 aromatic heterocycles. The Bertz CT molecular complexity index is 824. The van der Waals surface area contributed by atoms with Crippen molar-refractivity contribution < 1.29 is 18.3 Å². The summed E-state index contributed by atoms with van der Waals surface area (Å²) < 4.78 is 23.5. The monoisotopic (exact) mass is 290 g/mol. The van der Waals surface area contributed by atoms with Gasteiger partial charge in [-0.25, -0.2) is 9.49 Å². The lowest BCUT2D eigenvalue weighted by atomic mass is 10.1. The van der Waals surface area contributed by atoms with Crippen LogP contribution in [-0.4, -0.2) is 28.2 Å². The van der Waals surface area contributed by atoms with Gasteiger partial charge in [0.1, 0.15) is 11.4 Å². The highest BCUT2D eigenvalue weighted by molar-refractivity contribution is 6.05. The Morgan fingerprint density at radius 2 is 2.29 bits per heavy atom. The van der Waals surface area contributed by atoms with Crippen LogP contribution in [0.4, 0.5) is 10.3 Å². The van der Waals surface area contributed by atoms with Crippen LogP contribution in [0.5, 0.6) is 6.01 Å². The summed E-state index contributed by atoms with van der Waals surface area (Å²) in [5, 5.41) is 9.25. The molecule has 21 heavy (non-hydrogen) atoms. The Balaban J connectivity index is 1.92. The van der Waals surface area contributed by atoms with Crippen molar-refractivity contribution in [1.29, 1.82) is 0 Å². The number of aromatic amines is 1. The van der Waals surface area contributed by atoms with E-state index in [1.54, 1.807) is 6.92 Å². The van der Waals surface area contributed by atoms with Gasteiger partial charge in [0.05, 0.1) is 7.11 Å². The number of rotatable bonds is 3. The summed E-state index contributed by atoms with van der Waals surface area (Å²) >= 11 is 0. The van der Waals surface area contributed by atoms with E-state index in [1.807, 2.05) is 0 Å². The lowest BCUT2D eigenvalue weighted by molar-refractivity contribution is 0.0997. The third-order valence-corrected chi connectivity index (χ3v) is 2.98. The summed E-state index contributed by atoms with van der Waals surface area (Å²) in [6, 6.07) is 4.18. The maximum atomic E-state index is 13.2. The van der Waals surface area contributed by atoms with Crippen molar-refractivity contribution in [2.45, 2.75) is 6.92 Å². The van der Waals surface area contributed by atoms with E-state index in [-0.39, 0.29) is 17.7 Å². The molecule has 1 aromatic carbocycles. The normalized spacial score (nSPS) is 10.8. The first-order chi connectivity index (χ1) is 10.1. The molecule has 0 aliphatic carbocycles. The Kier molecular flexibility index (Phi) is 3.05. The van der Waals surface area contributed by atoms with Crippen molar-refractivity contribution in [3.05, 3.63) is 35.3 Å². The SMILES string of the molecule is COc1n[nH]c(NC(=O)c2oc3ccc(F)cc3c2C)n1. The average molecular weight is 290 g/mol. The zero-order valence-corrected chi connectivity index (χ0v) is 11.2. The predicted octanol–water partition coefficient (Wildman–Crippen LogP) is 2.26. The first kappa shape index (κ1) is 13.1. The van der Waals surface area contributed by atoms with Crippen LogP contribution >= 0.6 is 0 Å². The van der Waals surface area contributed by atoms with E-state index in [1.165, 1.54) is 25.3 Å². The number of methoxy groups -OCH3 is 1. The fraction of sp³-hybridized carbons (Fsp3) is 0.154. The smallest absolute Gasteiger partial charge is 0.336 e. The minimum absolute atomic E-state index is 0.0889. The van der Waals surface area contributed by atoms with Gasteiger partial charge in [-0.2, -0.15) is 4.98 Å². The molecule has 108 valence electrons. The van der Waals surface area contributed by atoms with Crippen molar-refractivity contribution in [3.8, 4) is 6.01 Å². The second kappa shape index (κ2) is 4.89. The number of anilines is 1. The molecule has 0 unspecified atom stereocenters. The number of benzene rings is 1. The molecule has 0 aliphatic heterocycles. The molecular weight excluding hydrogens is 279 g/mol. The molecule has 3 rings (SSSR count). The number of halogens is 1. The molecule has 1 amide bonds. The highest BCUT2D eigenvalue weighted by Crippen LogP contribution is 2.26. The quantitative estimate of drug-likeness (QED) is 0.771. The molecule has 3 aromatic rings. The van der Waals surface area contributed by atoms with Crippen molar-refractivity contribution in [1.82, 2.24) is 15.2 Å². The number of hydrogen-bond acceptors (Lipinski definition) is 5. The molecule has 0 fully saturated rings. The van der Waals surface area contributed by atoms with Gasteiger partial charge in [0.2, 0.25) is 5.95 Å². The number of carbonyl (C=O) groups is 1. The van der Waals surface area contributed by atoms with Gasteiger partial charge >= 0.3 is 6.01 Å². The van der Waals surface area contributed by atoms with Crippen LogP contribution in [0.1, 0.15) is 16.1 Å². The van der Waals surface area contributed by atoms with Gasteiger partial charge in [0.15, 0.2) is 5.76 Å². The predicted molar refractivity (Wildman–Crippen MR) is 71.8 cm³/mol. The van der Waals surface area contributed by atoms with Crippen LogP contribution in [0.15, 0.2) is 22.6 Å². The first-order valence-electron chi connectivity index (χ1n) is 6.05. The summed E-state index contributed by atoms with van der Waals surface area (Å²) in [5.74, 6) is -0.685. The number of H-pyrrole nitrogens is 1. The van der Waals surface area contributed by atoms with Gasteiger partial charge in [-0.05, 0) is 25.1 Å². The highest BCUT2D eigenvalue weighted by atomic mass is 19.1. The average Bonchev–Trinajstić information content (AvgIpc) is 3.04. The van der Waals surface area contributed by atoms with Crippen molar-refractivity contribution in [2.24, 2.45) is 0 Å². The number of ether oxygens (including phenoxy) is 1. The summed E-state index contributed by atoms with van der Waals surface area (Å²) in [6.07, 6.45) is 0. The summed E-state index contributed by atoms with van der Waals surface area (Å²) in [7, 11) is 1.41. The van der Waals surface area contributed by atoms with E-state index in [4.69, 9.17) is 9.15 Å². The Morgan fingerprint density at radius 1 is 1.48 bits per heavy atom. The number of carbonyl (C=O) groups excluding carboxylic acids is 1. The molecule has 0 atom stereocenters. The second-order valence-electron chi connectivity index (χ2n) is 4.32. The van der Waals surface area contributed by atoms with Gasteiger partial charge in [0, 0.05) is 10.9 Å². The topological polar surface area (TPSA) is 93.0 Å². The number of hydrogen-bond donors (Lipinski definition) is 2. The molecule has 0 saturated heterocycles. The molecule has 0 bridgehead atoms. The second-order valence-corrected chi connectivity index (χ2v) is 4.32. The molecule has 2 N–H and O–H groups in total. The van der Waals surface area contributed by atoms with Crippen LogP contribution in [0, 0.1) is 12.7 Å². The van der Waals surface area contributed by atoms with Crippen LogP contribution in [-0.2, 0) is 0 Å². The minimum atomic E-state index is -0.511. The molecule has 2 heterocycles. The van der Waals surface area contributed by atoms with Crippen molar-refractivity contribution in [2.75, 3.05) is 12.4 Å². The molecule has 0 saturated carbocycles. The standard InChI is InChI=1S/C13H11FN4O3/c1-6-8-5-7(14)3-4-9(8)21-10(6)11(19)15-12-16-13(20-2)18-17-12/h3-5H,1-2H3,(H2,15,16,17,18,19). The van der Waals surface area contributed by atoms with Gasteiger partial charge < -0.3 is 9.15 Å². The zero-order valence-electron chi connectivity index (χ0n) is 11.2. The fourth-order valence-electron chi connectivity index (χ4n) is 1.97. The lowest BCUT2D eigenvalue weighted by Gasteiger charge is -1.98. The van der Waals surface area contributed by atoms with E-state index in [2.05, 4.69) is 20.5 Å². The molecular formula is C13H11FN4O3. The van der Waals surface area contributed by atoms with Crippen molar-refractivity contribution in [3.63, 3.8) is 0 Å². The number of nitrogens with zero attached hydrogens (tertiary/aromatic N) is 2. The third-order valence-electron chi connectivity index (χ3n) is 2.98. The van der Waals surface area contributed by atoms with E-state index < -0.39 is 11.7 Å². The highest BCUT2D eigenvalue weighted by Gasteiger charge is 2.19. The molecule has 7 nitrogen and oxygen atoms in total. The van der Waals surface area contributed by atoms with Gasteiger partial charge in [-0.3, -0.25) is 10.1 Å². The van der Waals surface area contributed by atoms with Gasteiger partial charge in [0.25, 0.3) is 5.91 Å². The van der Waals surface area contributed by atoms with E-state index >= 15 is 0 Å². The summed E-state index contributed by atoms with van der Waals surface area (Å²) in [4.78, 5) is 16.0. The number of aromatic nitrogens is 3. The lowest BCUT2D eigenvalue weighted by Crippen LogP contribution is -2.13. The van der Waals surface area contributed by atoms with Crippen LogP contribution in [0.25, 0.3) is 11.0 Å². The number of aryl methyl sites for hydroxylation is 1. The summed E-state index contributed by atoms with van der Waals surface area (Å²) in [5.41, 5.74) is 0.989. The van der Waals surface area contributed by atoms with Crippen molar-refractivity contribution >= 4 is 22.8 Å². The third kappa shape index (κ3) is 2.31. The Labute approximate surface area is 118 Å². The fourth-order valence-corrected chi connectivity index (χ4v) is 1.97. The number of amides is 1. The zero-order chi connectivity index (χ0) is 15.0. The maximum Gasteiger partial charge on any atom is 0.336 e. The van der Waals surface area contributed by atoms with E-state index in [0.29, 0.717) is 16.5 Å². The molecule has 0 aliphatic rings.